The molecule has 1 saturated carbocycles. The third kappa shape index (κ3) is 5.18. The Morgan fingerprint density at radius 2 is 2.24 bits per heavy atom. The van der Waals surface area contributed by atoms with Crippen LogP contribution in [0.15, 0.2) is 0 Å². The number of hydrogen-bond donors (Lipinski definition) is 1. The quantitative estimate of drug-likeness (QED) is 0.568. The van der Waals surface area contributed by atoms with Crippen LogP contribution in [0.2, 0.25) is 0 Å². The fourth-order valence-electron chi connectivity index (χ4n) is 2.28. The van der Waals surface area contributed by atoms with E-state index in [2.05, 4.69) is 11.4 Å². The van der Waals surface area contributed by atoms with Gasteiger partial charge in [0.15, 0.2) is 0 Å². The monoisotopic (exact) mass is 238 g/mol. The Labute approximate surface area is 103 Å². The Kier molecular flexibility index (Phi) is 6.64. The van der Waals surface area contributed by atoms with Crippen LogP contribution in [-0.2, 0) is 9.53 Å². The number of ether oxygens (including phenoxy) is 1. The van der Waals surface area contributed by atoms with Crippen LogP contribution >= 0.6 is 0 Å². The highest BCUT2D eigenvalue weighted by Crippen LogP contribution is 2.23. The van der Waals surface area contributed by atoms with E-state index < -0.39 is 0 Å². The van der Waals surface area contributed by atoms with E-state index in [0.717, 1.165) is 25.8 Å². The van der Waals surface area contributed by atoms with Crippen LogP contribution in [0, 0.1) is 17.2 Å². The number of hydrogen-bond acceptors (Lipinski definition) is 4. The molecule has 1 rings (SSSR count). The molecule has 2 unspecified atom stereocenters. The maximum atomic E-state index is 11.1. The number of carbonyl (C=O) groups is 1. The molecule has 4 heteroatoms. The molecule has 17 heavy (non-hydrogen) atoms. The van der Waals surface area contributed by atoms with E-state index in [0.29, 0.717) is 19.1 Å². The molecule has 1 aliphatic rings. The van der Waals surface area contributed by atoms with Crippen molar-refractivity contribution in [3.63, 3.8) is 0 Å². The zero-order valence-electron chi connectivity index (χ0n) is 10.6. The summed E-state index contributed by atoms with van der Waals surface area (Å²) in [5.41, 5.74) is 0. The number of nitrogens with zero attached hydrogens (tertiary/aromatic N) is 1. The maximum Gasteiger partial charge on any atom is 0.305 e. The third-order valence-corrected chi connectivity index (χ3v) is 3.20. The van der Waals surface area contributed by atoms with Gasteiger partial charge in [0.05, 0.1) is 18.6 Å². The lowest BCUT2D eigenvalue weighted by molar-refractivity contribution is -0.143. The summed E-state index contributed by atoms with van der Waals surface area (Å²) >= 11 is 0. The van der Waals surface area contributed by atoms with Gasteiger partial charge in [-0.2, -0.15) is 5.26 Å². The number of nitrogens with one attached hydrogen (secondary N) is 1. The van der Waals surface area contributed by atoms with Crippen molar-refractivity contribution in [2.24, 2.45) is 5.92 Å². The molecule has 1 fully saturated rings. The molecule has 0 saturated heterocycles. The van der Waals surface area contributed by atoms with E-state index in [-0.39, 0.29) is 11.9 Å². The molecule has 4 nitrogen and oxygen atoms in total. The van der Waals surface area contributed by atoms with Crippen LogP contribution in [0.5, 0.6) is 0 Å². The third-order valence-electron chi connectivity index (χ3n) is 3.20. The number of rotatable bonds is 6. The van der Waals surface area contributed by atoms with Gasteiger partial charge in [-0.25, -0.2) is 0 Å². The van der Waals surface area contributed by atoms with Crippen molar-refractivity contribution in [1.29, 1.82) is 5.26 Å². The summed E-state index contributed by atoms with van der Waals surface area (Å²) in [6, 6.07) is 2.69. The van der Waals surface area contributed by atoms with E-state index >= 15 is 0 Å². The van der Waals surface area contributed by atoms with Crippen molar-refractivity contribution >= 4 is 5.97 Å². The summed E-state index contributed by atoms with van der Waals surface area (Å²) in [5.74, 6) is 0.0149. The van der Waals surface area contributed by atoms with Crippen LogP contribution < -0.4 is 5.32 Å². The van der Waals surface area contributed by atoms with Crippen molar-refractivity contribution in [3.05, 3.63) is 0 Å². The van der Waals surface area contributed by atoms with Gasteiger partial charge in [-0.15, -0.1) is 0 Å². The molecule has 0 aliphatic heterocycles. The standard InChI is InChI=1S/C13H22N2O2/c1-2-17-13(16)8-5-9-15-12-7-4-3-6-11(12)10-14/h11-12,15H,2-9H2,1H3. The normalized spacial score (nSPS) is 24.0. The lowest BCUT2D eigenvalue weighted by atomic mass is 9.85. The molecular formula is C13H22N2O2. The van der Waals surface area contributed by atoms with Crippen LogP contribution in [0.25, 0.3) is 0 Å². The molecule has 0 heterocycles. The molecule has 0 aromatic heterocycles. The summed E-state index contributed by atoms with van der Waals surface area (Å²) in [4.78, 5) is 11.1. The van der Waals surface area contributed by atoms with E-state index in [1.807, 2.05) is 6.92 Å². The average Bonchev–Trinajstić information content (AvgIpc) is 2.35. The van der Waals surface area contributed by atoms with Gasteiger partial charge in [-0.1, -0.05) is 12.8 Å². The van der Waals surface area contributed by atoms with Gasteiger partial charge in [-0.3, -0.25) is 4.79 Å². The molecule has 0 spiro atoms. The minimum atomic E-state index is -0.130. The minimum absolute atomic E-state index is 0.130. The molecule has 0 amide bonds. The first-order valence-corrected chi connectivity index (χ1v) is 6.56. The zero-order valence-corrected chi connectivity index (χ0v) is 10.6. The molecule has 0 bridgehead atoms. The maximum absolute atomic E-state index is 11.1. The highest BCUT2D eigenvalue weighted by Gasteiger charge is 2.23. The van der Waals surface area contributed by atoms with Crippen LogP contribution in [0.3, 0.4) is 0 Å². The summed E-state index contributed by atoms with van der Waals surface area (Å²) in [7, 11) is 0. The van der Waals surface area contributed by atoms with Crippen LogP contribution in [0.4, 0.5) is 0 Å². The predicted molar refractivity (Wildman–Crippen MR) is 65.2 cm³/mol. The highest BCUT2D eigenvalue weighted by molar-refractivity contribution is 5.69. The van der Waals surface area contributed by atoms with Crippen LogP contribution in [0.1, 0.15) is 45.4 Å². The second-order valence-electron chi connectivity index (χ2n) is 4.49. The molecule has 1 aliphatic carbocycles. The van der Waals surface area contributed by atoms with E-state index in [9.17, 15) is 4.79 Å². The van der Waals surface area contributed by atoms with E-state index in [1.165, 1.54) is 12.8 Å². The number of carbonyl (C=O) groups excluding carboxylic acids is 1. The average molecular weight is 238 g/mol. The molecule has 0 aromatic carbocycles. The Morgan fingerprint density at radius 3 is 2.94 bits per heavy atom. The second kappa shape index (κ2) is 8.08. The van der Waals surface area contributed by atoms with Gasteiger partial charge in [0.25, 0.3) is 0 Å². The first-order chi connectivity index (χ1) is 8.27. The first-order valence-electron chi connectivity index (χ1n) is 6.56. The van der Waals surface area contributed by atoms with Crippen molar-refractivity contribution in [2.75, 3.05) is 13.2 Å². The highest BCUT2D eigenvalue weighted by atomic mass is 16.5. The second-order valence-corrected chi connectivity index (χ2v) is 4.49. The van der Waals surface area contributed by atoms with Gasteiger partial charge in [0.1, 0.15) is 0 Å². The zero-order chi connectivity index (χ0) is 12.5. The summed E-state index contributed by atoms with van der Waals surface area (Å²) in [6.07, 6.45) is 5.70. The first kappa shape index (κ1) is 14.0. The Balaban J connectivity index is 2.13. The summed E-state index contributed by atoms with van der Waals surface area (Å²) in [5, 5.41) is 12.4. The molecule has 0 radical (unpaired) electrons. The lowest BCUT2D eigenvalue weighted by Crippen LogP contribution is -2.38. The molecule has 1 N–H and O–H groups in total. The van der Waals surface area contributed by atoms with Gasteiger partial charge in [0.2, 0.25) is 0 Å². The Morgan fingerprint density at radius 1 is 1.47 bits per heavy atom. The SMILES string of the molecule is CCOC(=O)CCCNC1CCCCC1C#N. The van der Waals surface area contributed by atoms with Crippen molar-refractivity contribution < 1.29 is 9.53 Å². The Hall–Kier alpha value is -1.08. The smallest absolute Gasteiger partial charge is 0.305 e. The largest absolute Gasteiger partial charge is 0.466 e. The van der Waals surface area contributed by atoms with Gasteiger partial charge >= 0.3 is 5.97 Å². The summed E-state index contributed by atoms with van der Waals surface area (Å²) in [6.45, 7) is 3.06. The predicted octanol–water partition coefficient (Wildman–Crippen LogP) is 2.00. The van der Waals surface area contributed by atoms with Crippen molar-refractivity contribution in [3.8, 4) is 6.07 Å². The fraction of sp³-hybridized carbons (Fsp3) is 0.846. The van der Waals surface area contributed by atoms with Gasteiger partial charge < -0.3 is 10.1 Å². The van der Waals surface area contributed by atoms with E-state index in [4.69, 9.17) is 10.00 Å². The van der Waals surface area contributed by atoms with Gasteiger partial charge in [-0.05, 0) is 32.7 Å². The fourth-order valence-corrected chi connectivity index (χ4v) is 2.28. The summed E-state index contributed by atoms with van der Waals surface area (Å²) < 4.78 is 4.86. The number of esters is 1. The minimum Gasteiger partial charge on any atom is -0.466 e. The number of nitriles is 1. The van der Waals surface area contributed by atoms with Crippen molar-refractivity contribution in [2.45, 2.75) is 51.5 Å². The molecule has 96 valence electrons. The van der Waals surface area contributed by atoms with Crippen LogP contribution in [-0.4, -0.2) is 25.2 Å². The van der Waals surface area contributed by atoms with E-state index in [1.54, 1.807) is 0 Å². The van der Waals surface area contributed by atoms with Gasteiger partial charge in [0, 0.05) is 12.5 Å². The molecule has 0 aromatic rings. The Bertz CT molecular complexity index is 273. The van der Waals surface area contributed by atoms with Crippen molar-refractivity contribution in [1.82, 2.24) is 5.32 Å². The molecular weight excluding hydrogens is 216 g/mol. The lowest BCUT2D eigenvalue weighted by Gasteiger charge is -2.27. The topological polar surface area (TPSA) is 62.1 Å². The molecule has 2 atom stereocenters.